The van der Waals surface area contributed by atoms with Gasteiger partial charge in [0.15, 0.2) is 0 Å². The summed E-state index contributed by atoms with van der Waals surface area (Å²) in [5, 5.41) is 6.45. The predicted octanol–water partition coefficient (Wildman–Crippen LogP) is 1.22. The van der Waals surface area contributed by atoms with Crippen LogP contribution in [0.25, 0.3) is 0 Å². The Labute approximate surface area is 111 Å². The second-order valence-electron chi connectivity index (χ2n) is 5.57. The zero-order valence-electron chi connectivity index (χ0n) is 12.3. The Morgan fingerprint density at radius 3 is 2.56 bits per heavy atom. The maximum Gasteiger partial charge on any atom is 0.237 e. The molecule has 2 atom stereocenters. The number of hydrogen-bond acceptors (Lipinski definition) is 3. The SMILES string of the molecule is CCC(CC)NC(=O)C(C)NCC1CCN(C)C1. The van der Waals surface area contributed by atoms with E-state index in [1.54, 1.807) is 0 Å². The predicted molar refractivity (Wildman–Crippen MR) is 75.6 cm³/mol. The van der Waals surface area contributed by atoms with Crippen LogP contribution < -0.4 is 10.6 Å². The van der Waals surface area contributed by atoms with Crippen LogP contribution in [0.2, 0.25) is 0 Å². The fourth-order valence-corrected chi connectivity index (χ4v) is 2.45. The summed E-state index contributed by atoms with van der Waals surface area (Å²) in [6, 6.07) is 0.232. The Kier molecular flexibility index (Phi) is 6.65. The molecule has 0 radical (unpaired) electrons. The number of rotatable bonds is 7. The topological polar surface area (TPSA) is 44.4 Å². The van der Waals surface area contributed by atoms with Gasteiger partial charge in [-0.3, -0.25) is 4.79 Å². The summed E-state index contributed by atoms with van der Waals surface area (Å²) in [6.07, 6.45) is 3.25. The molecule has 1 rings (SSSR count). The van der Waals surface area contributed by atoms with Gasteiger partial charge in [-0.05, 0) is 52.2 Å². The van der Waals surface area contributed by atoms with Gasteiger partial charge in [0.2, 0.25) is 5.91 Å². The lowest BCUT2D eigenvalue weighted by Crippen LogP contribution is -2.47. The van der Waals surface area contributed by atoms with Gasteiger partial charge < -0.3 is 15.5 Å². The fourth-order valence-electron chi connectivity index (χ4n) is 2.45. The third-order valence-corrected chi connectivity index (χ3v) is 3.93. The minimum Gasteiger partial charge on any atom is -0.352 e. The molecule has 0 saturated carbocycles. The number of carbonyl (C=O) groups excluding carboxylic acids is 1. The molecule has 1 fully saturated rings. The van der Waals surface area contributed by atoms with Crippen LogP contribution in [0.3, 0.4) is 0 Å². The molecule has 1 aliphatic rings. The first-order valence-corrected chi connectivity index (χ1v) is 7.29. The second-order valence-corrected chi connectivity index (χ2v) is 5.57. The van der Waals surface area contributed by atoms with Gasteiger partial charge in [0.05, 0.1) is 6.04 Å². The van der Waals surface area contributed by atoms with Crippen molar-refractivity contribution < 1.29 is 4.79 Å². The minimum atomic E-state index is -0.0866. The number of amides is 1. The molecule has 0 bridgehead atoms. The summed E-state index contributed by atoms with van der Waals surface area (Å²) < 4.78 is 0. The highest BCUT2D eigenvalue weighted by atomic mass is 16.2. The van der Waals surface area contributed by atoms with E-state index in [-0.39, 0.29) is 11.9 Å². The van der Waals surface area contributed by atoms with E-state index in [4.69, 9.17) is 0 Å². The van der Waals surface area contributed by atoms with E-state index in [9.17, 15) is 4.79 Å². The average Bonchev–Trinajstić information content (AvgIpc) is 2.78. The summed E-state index contributed by atoms with van der Waals surface area (Å²) >= 11 is 0. The highest BCUT2D eigenvalue weighted by molar-refractivity contribution is 5.81. The molecular weight excluding hydrogens is 226 g/mol. The molecule has 0 spiro atoms. The molecule has 0 aromatic heterocycles. The van der Waals surface area contributed by atoms with E-state index in [1.807, 2.05) is 6.92 Å². The third kappa shape index (κ3) is 4.94. The van der Waals surface area contributed by atoms with Crippen LogP contribution in [-0.2, 0) is 4.79 Å². The number of likely N-dealkylation sites (tertiary alicyclic amines) is 1. The van der Waals surface area contributed by atoms with Crippen LogP contribution >= 0.6 is 0 Å². The van der Waals surface area contributed by atoms with Crippen LogP contribution in [0, 0.1) is 5.92 Å². The Morgan fingerprint density at radius 2 is 2.06 bits per heavy atom. The summed E-state index contributed by atoms with van der Waals surface area (Å²) in [5.41, 5.74) is 0. The maximum atomic E-state index is 12.0. The molecule has 0 aliphatic carbocycles. The Bertz CT molecular complexity index is 253. The minimum absolute atomic E-state index is 0.0866. The lowest BCUT2D eigenvalue weighted by Gasteiger charge is -2.20. The number of nitrogens with zero attached hydrogens (tertiary/aromatic N) is 1. The fraction of sp³-hybridized carbons (Fsp3) is 0.929. The lowest BCUT2D eigenvalue weighted by atomic mass is 10.1. The van der Waals surface area contributed by atoms with Crippen molar-refractivity contribution >= 4 is 5.91 Å². The first kappa shape index (κ1) is 15.4. The van der Waals surface area contributed by atoms with Gasteiger partial charge in [0, 0.05) is 12.6 Å². The number of nitrogens with one attached hydrogen (secondary N) is 2. The Balaban J connectivity index is 2.23. The molecule has 0 aromatic rings. The van der Waals surface area contributed by atoms with Crippen molar-refractivity contribution in [1.82, 2.24) is 15.5 Å². The first-order valence-electron chi connectivity index (χ1n) is 7.29. The molecule has 0 aromatic carbocycles. The molecule has 106 valence electrons. The zero-order chi connectivity index (χ0) is 13.5. The van der Waals surface area contributed by atoms with E-state index in [1.165, 1.54) is 13.0 Å². The van der Waals surface area contributed by atoms with Crippen molar-refractivity contribution in [2.24, 2.45) is 5.92 Å². The van der Waals surface area contributed by atoms with E-state index >= 15 is 0 Å². The van der Waals surface area contributed by atoms with Gasteiger partial charge in [0.25, 0.3) is 0 Å². The summed E-state index contributed by atoms with van der Waals surface area (Å²) in [6.45, 7) is 9.45. The standard InChI is InChI=1S/C14H29N3O/c1-5-13(6-2)16-14(18)11(3)15-9-12-7-8-17(4)10-12/h11-13,15H,5-10H2,1-4H3,(H,16,18). The highest BCUT2D eigenvalue weighted by Crippen LogP contribution is 2.13. The number of hydrogen-bond donors (Lipinski definition) is 2. The van der Waals surface area contributed by atoms with Gasteiger partial charge in [0.1, 0.15) is 0 Å². The van der Waals surface area contributed by atoms with E-state index < -0.39 is 0 Å². The summed E-state index contributed by atoms with van der Waals surface area (Å²) in [7, 11) is 2.16. The summed E-state index contributed by atoms with van der Waals surface area (Å²) in [4.78, 5) is 14.3. The number of carbonyl (C=O) groups is 1. The van der Waals surface area contributed by atoms with Crippen LogP contribution in [0.1, 0.15) is 40.0 Å². The largest absolute Gasteiger partial charge is 0.352 e. The van der Waals surface area contributed by atoms with Gasteiger partial charge >= 0.3 is 0 Å². The molecule has 2 N–H and O–H groups in total. The monoisotopic (exact) mass is 255 g/mol. The van der Waals surface area contributed by atoms with Crippen LogP contribution in [0.5, 0.6) is 0 Å². The molecular formula is C14H29N3O. The summed E-state index contributed by atoms with van der Waals surface area (Å²) in [5.74, 6) is 0.827. The average molecular weight is 255 g/mol. The third-order valence-electron chi connectivity index (χ3n) is 3.93. The molecule has 18 heavy (non-hydrogen) atoms. The maximum absolute atomic E-state index is 12.0. The van der Waals surface area contributed by atoms with E-state index in [2.05, 4.69) is 36.4 Å². The highest BCUT2D eigenvalue weighted by Gasteiger charge is 2.21. The quantitative estimate of drug-likeness (QED) is 0.719. The molecule has 4 nitrogen and oxygen atoms in total. The van der Waals surface area contributed by atoms with Crippen molar-refractivity contribution in [3.8, 4) is 0 Å². The van der Waals surface area contributed by atoms with Crippen LogP contribution in [0.4, 0.5) is 0 Å². The first-order chi connectivity index (χ1) is 8.56. The molecule has 1 amide bonds. The molecule has 1 heterocycles. The van der Waals surface area contributed by atoms with E-state index in [0.717, 1.165) is 25.9 Å². The molecule has 4 heteroatoms. The molecule has 1 saturated heterocycles. The van der Waals surface area contributed by atoms with Crippen LogP contribution in [0.15, 0.2) is 0 Å². The zero-order valence-corrected chi connectivity index (χ0v) is 12.3. The van der Waals surface area contributed by atoms with Crippen molar-refractivity contribution in [1.29, 1.82) is 0 Å². The smallest absolute Gasteiger partial charge is 0.237 e. The van der Waals surface area contributed by atoms with Crippen molar-refractivity contribution in [3.63, 3.8) is 0 Å². The Morgan fingerprint density at radius 1 is 1.39 bits per heavy atom. The normalized spacial score (nSPS) is 22.4. The second kappa shape index (κ2) is 7.74. The van der Waals surface area contributed by atoms with Gasteiger partial charge in [-0.15, -0.1) is 0 Å². The van der Waals surface area contributed by atoms with Gasteiger partial charge in [-0.1, -0.05) is 13.8 Å². The molecule has 2 unspecified atom stereocenters. The molecule has 1 aliphatic heterocycles. The Hall–Kier alpha value is -0.610. The van der Waals surface area contributed by atoms with Gasteiger partial charge in [-0.2, -0.15) is 0 Å². The van der Waals surface area contributed by atoms with Crippen molar-refractivity contribution in [2.75, 3.05) is 26.7 Å². The van der Waals surface area contributed by atoms with Crippen molar-refractivity contribution in [3.05, 3.63) is 0 Å². The van der Waals surface area contributed by atoms with Crippen molar-refractivity contribution in [2.45, 2.75) is 52.1 Å². The van der Waals surface area contributed by atoms with Gasteiger partial charge in [-0.25, -0.2) is 0 Å². The van der Waals surface area contributed by atoms with E-state index in [0.29, 0.717) is 12.0 Å². The lowest BCUT2D eigenvalue weighted by molar-refractivity contribution is -0.123. The van der Waals surface area contributed by atoms with Crippen LogP contribution in [-0.4, -0.2) is 49.6 Å².